The van der Waals surface area contributed by atoms with E-state index in [0.717, 1.165) is 30.7 Å². The number of hydrogen-bond donors (Lipinski definition) is 3. The summed E-state index contributed by atoms with van der Waals surface area (Å²) in [7, 11) is 0. The van der Waals surface area contributed by atoms with Gasteiger partial charge in [-0.3, -0.25) is 9.78 Å². The van der Waals surface area contributed by atoms with Crippen molar-refractivity contribution in [2.45, 2.75) is 32.9 Å². The number of hydrazone groups is 1. The van der Waals surface area contributed by atoms with Crippen LogP contribution < -0.4 is 20.8 Å². The number of pyridine rings is 1. The van der Waals surface area contributed by atoms with E-state index >= 15 is 0 Å². The standard InChI is InChI=1S/C25H23ClF3N5O3/c1-3-15(4-2)33-34-23(35)22-14-19(11-12-30-22)37-18-8-5-16(6-9-18)31-24(36)32-17-7-10-21(26)20(13-17)25(27,28)29/h5-14H,3-4H2,1-2H3,(H,34,35)(H2,31,32,36). The number of carbonyl (C=O) groups excluding carboxylic acids is 2. The number of rotatable bonds is 8. The van der Waals surface area contributed by atoms with Crippen molar-refractivity contribution < 1.29 is 27.5 Å². The lowest BCUT2D eigenvalue weighted by Gasteiger charge is -2.12. The minimum atomic E-state index is -4.65. The Morgan fingerprint density at radius 3 is 2.24 bits per heavy atom. The maximum atomic E-state index is 13.0. The molecule has 8 nitrogen and oxygen atoms in total. The van der Waals surface area contributed by atoms with E-state index in [4.69, 9.17) is 16.3 Å². The number of hydrogen-bond acceptors (Lipinski definition) is 5. The maximum absolute atomic E-state index is 13.0. The molecular formula is C25H23ClF3N5O3. The summed E-state index contributed by atoms with van der Waals surface area (Å²) in [6.45, 7) is 3.89. The van der Waals surface area contributed by atoms with Crippen LogP contribution in [0.15, 0.2) is 65.9 Å². The number of nitrogens with zero attached hydrogens (tertiary/aromatic N) is 2. The molecule has 0 bridgehead atoms. The van der Waals surface area contributed by atoms with Crippen molar-refractivity contribution in [2.24, 2.45) is 5.10 Å². The van der Waals surface area contributed by atoms with Gasteiger partial charge in [0.2, 0.25) is 0 Å². The summed E-state index contributed by atoms with van der Waals surface area (Å²) in [6.07, 6.45) is -1.78. The molecule has 3 rings (SSSR count). The van der Waals surface area contributed by atoms with E-state index in [1.165, 1.54) is 18.3 Å². The van der Waals surface area contributed by atoms with Gasteiger partial charge in [-0.15, -0.1) is 0 Å². The molecule has 0 unspecified atom stereocenters. The van der Waals surface area contributed by atoms with Crippen molar-refractivity contribution in [3.8, 4) is 11.5 Å². The van der Waals surface area contributed by atoms with Crippen LogP contribution >= 0.6 is 11.6 Å². The van der Waals surface area contributed by atoms with E-state index in [1.54, 1.807) is 30.3 Å². The van der Waals surface area contributed by atoms with Crippen molar-refractivity contribution in [2.75, 3.05) is 10.6 Å². The SMILES string of the molecule is CCC(CC)=NNC(=O)c1cc(Oc2ccc(NC(=O)Nc3ccc(Cl)c(C(F)(F)F)c3)cc2)ccn1. The van der Waals surface area contributed by atoms with Crippen molar-refractivity contribution in [1.82, 2.24) is 10.4 Å². The average molecular weight is 534 g/mol. The highest BCUT2D eigenvalue weighted by atomic mass is 35.5. The predicted octanol–water partition coefficient (Wildman–Crippen LogP) is 7.10. The van der Waals surface area contributed by atoms with Gasteiger partial charge in [0.05, 0.1) is 10.6 Å². The number of urea groups is 1. The highest BCUT2D eigenvalue weighted by Crippen LogP contribution is 2.36. The zero-order chi connectivity index (χ0) is 27.0. The first-order chi connectivity index (χ1) is 17.6. The highest BCUT2D eigenvalue weighted by molar-refractivity contribution is 6.31. The maximum Gasteiger partial charge on any atom is 0.417 e. The number of aromatic nitrogens is 1. The molecule has 37 heavy (non-hydrogen) atoms. The van der Waals surface area contributed by atoms with Gasteiger partial charge in [0.1, 0.15) is 17.2 Å². The third-order valence-corrected chi connectivity index (χ3v) is 5.30. The molecule has 3 N–H and O–H groups in total. The van der Waals surface area contributed by atoms with Crippen LogP contribution in [0.1, 0.15) is 42.7 Å². The second-order valence-corrected chi connectivity index (χ2v) is 8.01. The fourth-order valence-corrected chi connectivity index (χ4v) is 3.27. The number of carbonyl (C=O) groups is 2. The fraction of sp³-hybridized carbons (Fsp3) is 0.200. The molecule has 0 fully saturated rings. The van der Waals surface area contributed by atoms with E-state index in [0.29, 0.717) is 17.2 Å². The van der Waals surface area contributed by atoms with E-state index in [9.17, 15) is 22.8 Å². The van der Waals surface area contributed by atoms with Gasteiger partial charge in [-0.25, -0.2) is 10.2 Å². The Labute approximate surface area is 215 Å². The Kier molecular flexibility index (Phi) is 9.07. The molecule has 0 aliphatic carbocycles. The molecule has 0 spiro atoms. The van der Waals surface area contributed by atoms with Crippen LogP contribution in [0.2, 0.25) is 5.02 Å². The van der Waals surface area contributed by atoms with E-state index in [1.807, 2.05) is 13.8 Å². The minimum absolute atomic E-state index is 0.0713. The Bertz CT molecular complexity index is 1290. The van der Waals surface area contributed by atoms with Crippen LogP contribution in [0.3, 0.4) is 0 Å². The largest absolute Gasteiger partial charge is 0.457 e. The van der Waals surface area contributed by atoms with Gasteiger partial charge in [0, 0.05) is 29.3 Å². The molecule has 1 aromatic heterocycles. The molecule has 0 saturated carbocycles. The lowest BCUT2D eigenvalue weighted by molar-refractivity contribution is -0.137. The van der Waals surface area contributed by atoms with Crippen molar-refractivity contribution in [1.29, 1.82) is 0 Å². The molecule has 0 radical (unpaired) electrons. The zero-order valence-corrected chi connectivity index (χ0v) is 20.6. The normalized spacial score (nSPS) is 10.9. The molecular weight excluding hydrogens is 511 g/mol. The Morgan fingerprint density at radius 1 is 0.946 bits per heavy atom. The summed E-state index contributed by atoms with van der Waals surface area (Å²) in [4.78, 5) is 28.6. The molecule has 0 atom stereocenters. The monoisotopic (exact) mass is 533 g/mol. The van der Waals surface area contributed by atoms with E-state index < -0.39 is 28.7 Å². The summed E-state index contributed by atoms with van der Waals surface area (Å²) < 4.78 is 44.8. The number of benzene rings is 2. The number of nitrogens with one attached hydrogen (secondary N) is 3. The number of halogens is 4. The third-order valence-electron chi connectivity index (χ3n) is 4.97. The smallest absolute Gasteiger partial charge is 0.417 e. The second-order valence-electron chi connectivity index (χ2n) is 7.60. The van der Waals surface area contributed by atoms with Crippen LogP contribution in [-0.4, -0.2) is 22.6 Å². The van der Waals surface area contributed by atoms with Crippen LogP contribution in [0, 0.1) is 0 Å². The second kappa shape index (κ2) is 12.2. The topological polar surface area (TPSA) is 105 Å². The van der Waals surface area contributed by atoms with Gasteiger partial charge >= 0.3 is 12.2 Å². The van der Waals surface area contributed by atoms with Gasteiger partial charge < -0.3 is 15.4 Å². The first-order valence-electron chi connectivity index (χ1n) is 11.1. The molecule has 3 amide bonds. The zero-order valence-electron chi connectivity index (χ0n) is 19.8. The first kappa shape index (κ1) is 27.5. The van der Waals surface area contributed by atoms with Crippen LogP contribution in [0.4, 0.5) is 29.3 Å². The van der Waals surface area contributed by atoms with Crippen LogP contribution in [0.25, 0.3) is 0 Å². The molecule has 0 aliphatic heterocycles. The van der Waals surface area contributed by atoms with Crippen LogP contribution in [-0.2, 0) is 6.18 Å². The summed E-state index contributed by atoms with van der Waals surface area (Å²) in [5, 5.41) is 8.45. The van der Waals surface area contributed by atoms with E-state index in [2.05, 4.69) is 26.1 Å². The summed E-state index contributed by atoms with van der Waals surface area (Å²) >= 11 is 5.59. The molecule has 2 aromatic carbocycles. The van der Waals surface area contributed by atoms with Crippen molar-refractivity contribution in [3.05, 3.63) is 77.1 Å². The molecule has 0 aliphatic rings. The molecule has 12 heteroatoms. The number of ether oxygens (including phenoxy) is 1. The Hall–Kier alpha value is -4.12. The first-order valence-corrected chi connectivity index (χ1v) is 11.5. The number of alkyl halides is 3. The summed E-state index contributed by atoms with van der Waals surface area (Å²) in [6, 6.07) is 11.6. The van der Waals surface area contributed by atoms with Gasteiger partial charge in [0.15, 0.2) is 0 Å². The lowest BCUT2D eigenvalue weighted by Crippen LogP contribution is -2.20. The summed E-state index contributed by atoms with van der Waals surface area (Å²) in [5.74, 6) is 0.295. The fourth-order valence-electron chi connectivity index (χ4n) is 3.05. The average Bonchev–Trinajstić information content (AvgIpc) is 2.86. The number of anilines is 2. The quantitative estimate of drug-likeness (QED) is 0.212. The summed E-state index contributed by atoms with van der Waals surface area (Å²) in [5.41, 5.74) is 2.69. The van der Waals surface area contributed by atoms with Crippen molar-refractivity contribution >= 4 is 40.6 Å². The Balaban J connectivity index is 1.60. The van der Waals surface area contributed by atoms with Gasteiger partial charge in [-0.05, 0) is 61.4 Å². The third kappa shape index (κ3) is 7.94. The van der Waals surface area contributed by atoms with Gasteiger partial charge in [0.25, 0.3) is 5.91 Å². The lowest BCUT2D eigenvalue weighted by atomic mass is 10.2. The van der Waals surface area contributed by atoms with Crippen molar-refractivity contribution in [3.63, 3.8) is 0 Å². The molecule has 3 aromatic rings. The predicted molar refractivity (Wildman–Crippen MR) is 135 cm³/mol. The molecule has 194 valence electrons. The minimum Gasteiger partial charge on any atom is -0.457 e. The Morgan fingerprint density at radius 2 is 1.59 bits per heavy atom. The van der Waals surface area contributed by atoms with Gasteiger partial charge in [-0.1, -0.05) is 25.4 Å². The van der Waals surface area contributed by atoms with E-state index in [-0.39, 0.29) is 11.4 Å². The van der Waals surface area contributed by atoms with Gasteiger partial charge in [-0.2, -0.15) is 18.3 Å². The molecule has 1 heterocycles. The molecule has 0 saturated heterocycles. The van der Waals surface area contributed by atoms with Crippen LogP contribution in [0.5, 0.6) is 11.5 Å². The highest BCUT2D eigenvalue weighted by Gasteiger charge is 2.33. The number of amides is 3.